The maximum atomic E-state index is 9.18. The lowest BCUT2D eigenvalue weighted by Gasteiger charge is -2.21. The van der Waals surface area contributed by atoms with E-state index in [0.717, 1.165) is 67.8 Å². The summed E-state index contributed by atoms with van der Waals surface area (Å²) in [4.78, 5) is 0. The molecule has 0 saturated heterocycles. The quantitative estimate of drug-likeness (QED) is 0.209. The summed E-state index contributed by atoms with van der Waals surface area (Å²) in [5, 5.41) is 18.4. The Hall–Kier alpha value is -5.73. The SMILES string of the molecule is N=C1C=CC=C/C1=C(\c1ccccc1C1=CCCC=C1)c1cc2c3ccccc3c3ccccc3c2c2oc3ccccc3c12. The third-order valence-corrected chi connectivity index (χ3v) is 9.32. The fourth-order valence-electron chi connectivity index (χ4n) is 7.37. The highest BCUT2D eigenvalue weighted by molar-refractivity contribution is 6.34. The number of nitrogens with one attached hydrogen (secondary N) is 1. The Morgan fingerprint density at radius 3 is 2.02 bits per heavy atom. The van der Waals surface area contributed by atoms with Crippen LogP contribution >= 0.6 is 0 Å². The van der Waals surface area contributed by atoms with E-state index in [2.05, 4.69) is 121 Å². The van der Waals surface area contributed by atoms with Crippen molar-refractivity contribution < 1.29 is 4.42 Å². The number of allylic oxidation sites excluding steroid dienone is 9. The van der Waals surface area contributed by atoms with E-state index >= 15 is 0 Å². The molecule has 0 atom stereocenters. The summed E-state index contributed by atoms with van der Waals surface area (Å²) in [7, 11) is 0. The van der Waals surface area contributed by atoms with Gasteiger partial charge in [0, 0.05) is 21.7 Å². The van der Waals surface area contributed by atoms with Crippen LogP contribution in [0.2, 0.25) is 0 Å². The average Bonchev–Trinajstić information content (AvgIpc) is 3.50. The van der Waals surface area contributed by atoms with Crippen LogP contribution in [0.4, 0.5) is 0 Å². The van der Waals surface area contributed by atoms with Crippen molar-refractivity contribution in [2.75, 3.05) is 0 Å². The molecule has 0 fully saturated rings. The van der Waals surface area contributed by atoms with E-state index < -0.39 is 0 Å². The molecule has 1 N–H and O–H groups in total. The van der Waals surface area contributed by atoms with Crippen LogP contribution in [0, 0.1) is 5.41 Å². The minimum absolute atomic E-state index is 0.500. The van der Waals surface area contributed by atoms with Gasteiger partial charge in [-0.3, -0.25) is 0 Å². The standard InChI is InChI=1S/C43H29NO/c44-38-24-12-10-22-34(38)40(32-20-8-4-16-28(32)27-14-2-1-3-15-27)37-26-36-31-19-6-5-17-29(31)30-18-7-9-21-33(30)41(36)43-42(37)35-23-11-13-25-39(35)45-43/h2,4-26,44H,1,3H2/b40-34-,44-38?. The zero-order valence-electron chi connectivity index (χ0n) is 24.7. The number of para-hydroxylation sites is 1. The van der Waals surface area contributed by atoms with Crippen LogP contribution in [0.3, 0.4) is 0 Å². The van der Waals surface area contributed by atoms with Gasteiger partial charge in [-0.1, -0.05) is 127 Å². The van der Waals surface area contributed by atoms with Crippen molar-refractivity contribution >= 4 is 71.1 Å². The average molecular weight is 576 g/mol. The topological polar surface area (TPSA) is 37.0 Å². The Kier molecular flexibility index (Phi) is 5.82. The normalized spacial score (nSPS) is 16.0. The Balaban J connectivity index is 1.53. The lowest BCUT2D eigenvalue weighted by atomic mass is 9.81. The second-order valence-corrected chi connectivity index (χ2v) is 11.8. The fraction of sp³-hybridized carbons (Fsp3) is 0.0465. The lowest BCUT2D eigenvalue weighted by molar-refractivity contribution is 0.673. The molecule has 1 aromatic heterocycles. The van der Waals surface area contributed by atoms with Crippen LogP contribution in [0.5, 0.6) is 0 Å². The molecule has 212 valence electrons. The summed E-state index contributed by atoms with van der Waals surface area (Å²) < 4.78 is 6.88. The van der Waals surface area contributed by atoms with Crippen LogP contribution < -0.4 is 0 Å². The molecule has 6 aromatic carbocycles. The number of benzene rings is 6. The zero-order valence-corrected chi connectivity index (χ0v) is 24.7. The summed E-state index contributed by atoms with van der Waals surface area (Å²) in [5.41, 5.74) is 8.80. The minimum Gasteiger partial charge on any atom is -0.455 e. The summed E-state index contributed by atoms with van der Waals surface area (Å²) in [6.45, 7) is 0. The van der Waals surface area contributed by atoms with Gasteiger partial charge in [-0.05, 0) is 85.8 Å². The third kappa shape index (κ3) is 3.92. The van der Waals surface area contributed by atoms with E-state index in [0.29, 0.717) is 5.71 Å². The Morgan fingerprint density at radius 1 is 0.578 bits per heavy atom. The molecule has 7 aromatic rings. The van der Waals surface area contributed by atoms with Gasteiger partial charge in [-0.15, -0.1) is 0 Å². The van der Waals surface area contributed by atoms with Gasteiger partial charge in [0.1, 0.15) is 11.2 Å². The molecular weight excluding hydrogens is 546 g/mol. The third-order valence-electron chi connectivity index (χ3n) is 9.32. The van der Waals surface area contributed by atoms with Crippen molar-refractivity contribution in [3.63, 3.8) is 0 Å². The van der Waals surface area contributed by atoms with Crippen LogP contribution in [-0.2, 0) is 0 Å². The molecule has 2 aliphatic carbocycles. The molecule has 0 radical (unpaired) electrons. The molecule has 0 bridgehead atoms. The fourth-order valence-corrected chi connectivity index (χ4v) is 7.37. The highest BCUT2D eigenvalue weighted by Crippen LogP contribution is 2.47. The van der Waals surface area contributed by atoms with Gasteiger partial charge in [-0.2, -0.15) is 0 Å². The first kappa shape index (κ1) is 25.7. The Bertz CT molecular complexity index is 2550. The lowest BCUT2D eigenvalue weighted by Crippen LogP contribution is -2.06. The minimum atomic E-state index is 0.500. The van der Waals surface area contributed by atoms with Gasteiger partial charge in [0.2, 0.25) is 0 Å². The van der Waals surface area contributed by atoms with Crippen LogP contribution in [0.25, 0.3) is 65.4 Å². The first-order valence-corrected chi connectivity index (χ1v) is 15.6. The van der Waals surface area contributed by atoms with Crippen molar-refractivity contribution in [3.8, 4) is 0 Å². The number of hydrogen-bond donors (Lipinski definition) is 1. The zero-order chi connectivity index (χ0) is 29.9. The number of furan rings is 1. The van der Waals surface area contributed by atoms with Crippen molar-refractivity contribution in [3.05, 3.63) is 168 Å². The van der Waals surface area contributed by atoms with Crippen molar-refractivity contribution in [1.82, 2.24) is 0 Å². The molecule has 0 saturated carbocycles. The molecular formula is C43H29NO. The summed E-state index contributed by atoms with van der Waals surface area (Å²) >= 11 is 0. The van der Waals surface area contributed by atoms with Crippen LogP contribution in [0.1, 0.15) is 29.5 Å². The molecule has 0 amide bonds. The van der Waals surface area contributed by atoms with E-state index in [4.69, 9.17) is 4.42 Å². The van der Waals surface area contributed by atoms with Gasteiger partial charge in [0.25, 0.3) is 0 Å². The maximum absolute atomic E-state index is 9.18. The molecule has 2 aliphatic rings. The first-order chi connectivity index (χ1) is 22.3. The van der Waals surface area contributed by atoms with E-state index in [1.807, 2.05) is 24.3 Å². The van der Waals surface area contributed by atoms with Gasteiger partial charge in [0.15, 0.2) is 0 Å². The van der Waals surface area contributed by atoms with E-state index in [9.17, 15) is 5.41 Å². The van der Waals surface area contributed by atoms with Crippen LogP contribution in [-0.4, -0.2) is 5.71 Å². The largest absolute Gasteiger partial charge is 0.455 e. The predicted molar refractivity (Wildman–Crippen MR) is 191 cm³/mol. The Morgan fingerprint density at radius 2 is 1.24 bits per heavy atom. The van der Waals surface area contributed by atoms with E-state index in [1.54, 1.807) is 0 Å². The second kappa shape index (κ2) is 10.2. The summed E-state index contributed by atoms with van der Waals surface area (Å²) in [6, 6.07) is 36.8. The molecule has 9 rings (SSSR count). The number of fused-ring (bicyclic) bond motifs is 10. The predicted octanol–water partition coefficient (Wildman–Crippen LogP) is 11.7. The molecule has 1 heterocycles. The molecule has 45 heavy (non-hydrogen) atoms. The second-order valence-electron chi connectivity index (χ2n) is 11.8. The summed E-state index contributed by atoms with van der Waals surface area (Å²) in [5.74, 6) is 0. The van der Waals surface area contributed by atoms with Gasteiger partial charge in [-0.25, -0.2) is 0 Å². The molecule has 2 nitrogen and oxygen atoms in total. The van der Waals surface area contributed by atoms with Gasteiger partial charge >= 0.3 is 0 Å². The summed E-state index contributed by atoms with van der Waals surface area (Å²) in [6.07, 6.45) is 16.9. The molecule has 2 heteroatoms. The maximum Gasteiger partial charge on any atom is 0.144 e. The van der Waals surface area contributed by atoms with Gasteiger partial charge in [0.05, 0.1) is 5.71 Å². The van der Waals surface area contributed by atoms with E-state index in [1.165, 1.54) is 32.7 Å². The monoisotopic (exact) mass is 575 g/mol. The van der Waals surface area contributed by atoms with Crippen molar-refractivity contribution in [1.29, 1.82) is 5.41 Å². The number of rotatable bonds is 3. The molecule has 0 unspecified atom stereocenters. The van der Waals surface area contributed by atoms with Gasteiger partial charge < -0.3 is 9.83 Å². The van der Waals surface area contributed by atoms with Crippen molar-refractivity contribution in [2.45, 2.75) is 12.8 Å². The van der Waals surface area contributed by atoms with Crippen LogP contribution in [0.15, 0.2) is 156 Å². The smallest absolute Gasteiger partial charge is 0.144 e. The molecule has 0 aliphatic heterocycles. The highest BCUT2D eigenvalue weighted by Gasteiger charge is 2.25. The van der Waals surface area contributed by atoms with E-state index in [-0.39, 0.29) is 0 Å². The highest BCUT2D eigenvalue weighted by atomic mass is 16.3. The van der Waals surface area contributed by atoms with Crippen molar-refractivity contribution in [2.24, 2.45) is 0 Å². The number of hydrogen-bond acceptors (Lipinski definition) is 2. The molecule has 0 spiro atoms. The Labute approximate surface area is 261 Å². The first-order valence-electron chi connectivity index (χ1n) is 15.6.